The van der Waals surface area contributed by atoms with Crippen LogP contribution < -0.4 is 25.4 Å². The molecule has 7 nitrogen and oxygen atoms in total. The first-order valence-electron chi connectivity index (χ1n) is 9.13. The van der Waals surface area contributed by atoms with Crippen molar-refractivity contribution in [2.75, 3.05) is 27.8 Å². The van der Waals surface area contributed by atoms with Gasteiger partial charge in [0.2, 0.25) is 0 Å². The van der Waals surface area contributed by atoms with E-state index in [1.165, 1.54) is 0 Å². The molecule has 8 heteroatoms. The summed E-state index contributed by atoms with van der Waals surface area (Å²) in [5.74, 6) is 1.98. The first-order valence-corrected chi connectivity index (χ1v) is 9.13. The van der Waals surface area contributed by atoms with Gasteiger partial charge in [-0.1, -0.05) is 18.2 Å². The number of aliphatic imine (C=N–C) groups is 1. The zero-order chi connectivity index (χ0) is 20.4. The summed E-state index contributed by atoms with van der Waals surface area (Å²) in [6, 6.07) is 13.3. The summed E-state index contributed by atoms with van der Waals surface area (Å²) in [4.78, 5) is 16.2. The number of halogens is 1. The highest BCUT2D eigenvalue weighted by Crippen LogP contribution is 2.27. The number of nitrogens with zero attached hydrogens (tertiary/aromatic N) is 1. The zero-order valence-corrected chi connectivity index (χ0v) is 19.6. The molecule has 2 rings (SSSR count). The quantitative estimate of drug-likeness (QED) is 0.288. The van der Waals surface area contributed by atoms with E-state index in [4.69, 9.17) is 9.47 Å². The summed E-state index contributed by atoms with van der Waals surface area (Å²) < 4.78 is 10.6. The Morgan fingerprint density at radius 3 is 2.17 bits per heavy atom. The van der Waals surface area contributed by atoms with Crippen molar-refractivity contribution in [2.24, 2.45) is 4.99 Å². The molecule has 0 heterocycles. The minimum atomic E-state index is -0.0692. The number of rotatable bonds is 8. The van der Waals surface area contributed by atoms with E-state index in [0.717, 1.165) is 11.1 Å². The Kier molecular flexibility index (Phi) is 10.9. The van der Waals surface area contributed by atoms with Gasteiger partial charge in [-0.05, 0) is 42.3 Å². The molecule has 29 heavy (non-hydrogen) atoms. The van der Waals surface area contributed by atoms with Crippen molar-refractivity contribution < 1.29 is 14.3 Å². The zero-order valence-electron chi connectivity index (χ0n) is 17.2. The smallest absolute Gasteiger partial charge is 0.251 e. The summed E-state index contributed by atoms with van der Waals surface area (Å²) in [5, 5.41) is 9.33. The van der Waals surface area contributed by atoms with Gasteiger partial charge in [0.05, 0.1) is 14.2 Å². The third-order valence-electron chi connectivity index (χ3n) is 4.12. The van der Waals surface area contributed by atoms with Crippen LogP contribution in [-0.4, -0.2) is 39.7 Å². The van der Waals surface area contributed by atoms with Crippen molar-refractivity contribution in [3.05, 3.63) is 59.2 Å². The number of amides is 1. The van der Waals surface area contributed by atoms with Crippen LogP contribution in [-0.2, 0) is 13.1 Å². The molecule has 0 unspecified atom stereocenters. The molecule has 0 radical (unpaired) electrons. The molecule has 0 aliphatic heterocycles. The molecule has 0 aliphatic rings. The van der Waals surface area contributed by atoms with Crippen molar-refractivity contribution in [3.8, 4) is 11.5 Å². The summed E-state index contributed by atoms with van der Waals surface area (Å²) >= 11 is 0. The molecule has 158 valence electrons. The highest BCUT2D eigenvalue weighted by molar-refractivity contribution is 14.0. The number of ether oxygens (including phenoxy) is 2. The maximum Gasteiger partial charge on any atom is 0.251 e. The summed E-state index contributed by atoms with van der Waals surface area (Å²) in [7, 11) is 4.95. The molecule has 2 aromatic rings. The molecule has 0 spiro atoms. The van der Waals surface area contributed by atoms with Gasteiger partial charge >= 0.3 is 0 Å². The third kappa shape index (κ3) is 7.45. The highest BCUT2D eigenvalue weighted by Gasteiger charge is 2.07. The van der Waals surface area contributed by atoms with Crippen molar-refractivity contribution in [3.63, 3.8) is 0 Å². The lowest BCUT2D eigenvalue weighted by molar-refractivity contribution is 0.0955. The second kappa shape index (κ2) is 12.9. The van der Waals surface area contributed by atoms with Crippen molar-refractivity contribution >= 4 is 35.8 Å². The topological polar surface area (TPSA) is 84.0 Å². The maximum absolute atomic E-state index is 12.0. The second-order valence-corrected chi connectivity index (χ2v) is 6.03. The number of carbonyl (C=O) groups is 1. The van der Waals surface area contributed by atoms with Crippen LogP contribution >= 0.6 is 24.0 Å². The van der Waals surface area contributed by atoms with Gasteiger partial charge in [-0.2, -0.15) is 0 Å². The number of hydrogen-bond acceptors (Lipinski definition) is 4. The molecular weight excluding hydrogens is 483 g/mol. The Hall–Kier alpha value is -2.49. The van der Waals surface area contributed by atoms with Crippen molar-refractivity contribution in [1.29, 1.82) is 0 Å². The van der Waals surface area contributed by atoms with Gasteiger partial charge in [-0.25, -0.2) is 0 Å². The molecule has 0 saturated heterocycles. The van der Waals surface area contributed by atoms with Crippen LogP contribution in [0.25, 0.3) is 0 Å². The van der Waals surface area contributed by atoms with E-state index in [0.29, 0.717) is 42.7 Å². The lowest BCUT2D eigenvalue weighted by atomic mass is 10.1. The highest BCUT2D eigenvalue weighted by atomic mass is 127. The molecule has 0 saturated carbocycles. The van der Waals surface area contributed by atoms with Crippen LogP contribution in [0.4, 0.5) is 0 Å². The first kappa shape index (κ1) is 24.5. The van der Waals surface area contributed by atoms with Crippen molar-refractivity contribution in [2.45, 2.75) is 20.0 Å². The monoisotopic (exact) mass is 512 g/mol. The van der Waals surface area contributed by atoms with Gasteiger partial charge in [-0.15, -0.1) is 24.0 Å². The minimum Gasteiger partial charge on any atom is -0.493 e. The number of benzene rings is 2. The van der Waals surface area contributed by atoms with E-state index in [1.807, 2.05) is 43.3 Å². The Morgan fingerprint density at radius 1 is 0.931 bits per heavy atom. The van der Waals surface area contributed by atoms with E-state index < -0.39 is 0 Å². The Labute approximate surface area is 189 Å². The number of methoxy groups -OCH3 is 2. The van der Waals surface area contributed by atoms with E-state index in [9.17, 15) is 4.79 Å². The predicted molar refractivity (Wildman–Crippen MR) is 126 cm³/mol. The molecule has 0 fully saturated rings. The SMILES string of the molecule is CCNC(=O)c1cccc(CNC(=NC)NCc2ccc(OC)c(OC)c2)c1.I. The molecule has 3 N–H and O–H groups in total. The van der Waals surface area contributed by atoms with Crippen LogP contribution in [0, 0.1) is 0 Å². The van der Waals surface area contributed by atoms with E-state index in [-0.39, 0.29) is 29.9 Å². The van der Waals surface area contributed by atoms with Crippen LogP contribution in [0.2, 0.25) is 0 Å². The number of nitrogens with one attached hydrogen (secondary N) is 3. The predicted octanol–water partition coefficient (Wildman–Crippen LogP) is 2.94. The first-order chi connectivity index (χ1) is 13.6. The molecule has 0 aliphatic carbocycles. The Balaban J connectivity index is 0.00000420. The van der Waals surface area contributed by atoms with Gasteiger partial charge < -0.3 is 25.4 Å². The lowest BCUT2D eigenvalue weighted by Gasteiger charge is -2.14. The molecule has 0 atom stereocenters. The van der Waals surface area contributed by atoms with Crippen LogP contribution in [0.3, 0.4) is 0 Å². The molecule has 1 amide bonds. The number of carbonyl (C=O) groups excluding carboxylic acids is 1. The van der Waals surface area contributed by atoms with Gasteiger partial charge in [0.25, 0.3) is 5.91 Å². The van der Waals surface area contributed by atoms with Crippen LogP contribution in [0.1, 0.15) is 28.4 Å². The van der Waals surface area contributed by atoms with E-state index >= 15 is 0 Å². The largest absolute Gasteiger partial charge is 0.493 e. The normalized spacial score (nSPS) is 10.6. The second-order valence-electron chi connectivity index (χ2n) is 6.03. The molecule has 0 bridgehead atoms. The molecular formula is C21H29IN4O3. The van der Waals surface area contributed by atoms with E-state index in [2.05, 4.69) is 20.9 Å². The fourth-order valence-corrected chi connectivity index (χ4v) is 2.67. The Bertz CT molecular complexity index is 827. The van der Waals surface area contributed by atoms with Gasteiger partial charge in [-0.3, -0.25) is 9.79 Å². The average Bonchev–Trinajstić information content (AvgIpc) is 2.74. The van der Waals surface area contributed by atoms with Crippen molar-refractivity contribution in [1.82, 2.24) is 16.0 Å². The van der Waals surface area contributed by atoms with Gasteiger partial charge in [0.1, 0.15) is 0 Å². The number of hydrogen-bond donors (Lipinski definition) is 3. The summed E-state index contributed by atoms with van der Waals surface area (Å²) in [5.41, 5.74) is 2.69. The standard InChI is InChI=1S/C21H28N4O3.HI/c1-5-23-20(26)17-8-6-7-15(11-17)13-24-21(22-2)25-14-16-9-10-18(27-3)19(12-16)28-4;/h6-12H,5,13-14H2,1-4H3,(H,23,26)(H2,22,24,25);1H. The fourth-order valence-electron chi connectivity index (χ4n) is 2.67. The van der Waals surface area contributed by atoms with Crippen LogP contribution in [0.5, 0.6) is 11.5 Å². The fraction of sp³-hybridized carbons (Fsp3) is 0.333. The average molecular weight is 512 g/mol. The minimum absolute atomic E-state index is 0. The van der Waals surface area contributed by atoms with E-state index in [1.54, 1.807) is 27.3 Å². The molecule has 0 aromatic heterocycles. The summed E-state index contributed by atoms with van der Waals surface area (Å²) in [6.07, 6.45) is 0. The van der Waals surface area contributed by atoms with Gasteiger partial charge in [0, 0.05) is 32.2 Å². The summed E-state index contributed by atoms with van der Waals surface area (Å²) in [6.45, 7) is 3.64. The Morgan fingerprint density at radius 2 is 1.59 bits per heavy atom. The van der Waals surface area contributed by atoms with Crippen LogP contribution in [0.15, 0.2) is 47.5 Å². The number of guanidine groups is 1. The lowest BCUT2D eigenvalue weighted by Crippen LogP contribution is -2.36. The molecule has 2 aromatic carbocycles. The van der Waals surface area contributed by atoms with Gasteiger partial charge in [0.15, 0.2) is 17.5 Å². The maximum atomic E-state index is 12.0. The third-order valence-corrected chi connectivity index (χ3v) is 4.12.